The lowest BCUT2D eigenvalue weighted by Crippen LogP contribution is -2.31. The van der Waals surface area contributed by atoms with Crippen LogP contribution in [0.2, 0.25) is 0 Å². The number of nitro groups is 2. The number of nitro benzene ring substituents is 2. The number of anilines is 1. The van der Waals surface area contributed by atoms with Gasteiger partial charge in [0.2, 0.25) is 0 Å². The van der Waals surface area contributed by atoms with Gasteiger partial charge in [0, 0.05) is 30.9 Å². The van der Waals surface area contributed by atoms with Crippen molar-refractivity contribution in [3.8, 4) is 11.5 Å². The Bertz CT molecular complexity index is 1380. The standard InChI is InChI=1S/C22H22N4O8S/c1-33-20-11-10-15(12-21(20)34-2)13-24(14-16-17(23)6-5-8-18(16)25(27)28)35(31,32)22-9-4-3-7-19(22)26(29)30/h3-12H,13-14,23H2,1-2H3. The maximum Gasteiger partial charge on any atom is 0.289 e. The van der Waals surface area contributed by atoms with Gasteiger partial charge in [-0.2, -0.15) is 4.31 Å². The van der Waals surface area contributed by atoms with Crippen molar-refractivity contribution >= 4 is 27.1 Å². The van der Waals surface area contributed by atoms with Crippen LogP contribution in [0.25, 0.3) is 0 Å². The lowest BCUT2D eigenvalue weighted by atomic mass is 10.1. The molecule has 2 N–H and O–H groups in total. The number of methoxy groups -OCH3 is 2. The second-order valence-electron chi connectivity index (χ2n) is 7.29. The summed E-state index contributed by atoms with van der Waals surface area (Å²) in [6.07, 6.45) is 0. The average molecular weight is 503 g/mol. The first-order chi connectivity index (χ1) is 16.6. The number of rotatable bonds is 10. The fraction of sp³-hybridized carbons (Fsp3) is 0.182. The fourth-order valence-corrected chi connectivity index (χ4v) is 5.04. The van der Waals surface area contributed by atoms with E-state index < -0.39 is 37.0 Å². The van der Waals surface area contributed by atoms with E-state index in [9.17, 15) is 28.6 Å². The molecule has 0 aliphatic carbocycles. The van der Waals surface area contributed by atoms with Gasteiger partial charge in [-0.1, -0.05) is 24.3 Å². The van der Waals surface area contributed by atoms with Gasteiger partial charge in [0.1, 0.15) is 0 Å². The molecule has 0 radical (unpaired) electrons. The van der Waals surface area contributed by atoms with Crippen LogP contribution in [0.4, 0.5) is 17.1 Å². The third kappa shape index (κ3) is 5.31. The molecule has 13 heteroatoms. The van der Waals surface area contributed by atoms with Crippen LogP contribution < -0.4 is 15.2 Å². The predicted molar refractivity (Wildman–Crippen MR) is 127 cm³/mol. The zero-order valence-corrected chi connectivity index (χ0v) is 19.6. The summed E-state index contributed by atoms with van der Waals surface area (Å²) in [5.41, 5.74) is 5.39. The Morgan fingerprint density at radius 3 is 2.11 bits per heavy atom. The third-order valence-electron chi connectivity index (χ3n) is 5.21. The van der Waals surface area contributed by atoms with Gasteiger partial charge in [0.05, 0.1) is 29.6 Å². The highest BCUT2D eigenvalue weighted by atomic mass is 32.2. The SMILES string of the molecule is COc1ccc(CN(Cc2c(N)cccc2[N+](=O)[O-])S(=O)(=O)c2ccccc2[N+](=O)[O-])cc1OC. The number of hydrogen-bond donors (Lipinski definition) is 1. The summed E-state index contributed by atoms with van der Waals surface area (Å²) in [5.74, 6) is 0.741. The highest BCUT2D eigenvalue weighted by molar-refractivity contribution is 7.89. The first-order valence-corrected chi connectivity index (χ1v) is 11.5. The number of para-hydroxylation sites is 1. The van der Waals surface area contributed by atoms with Crippen molar-refractivity contribution < 1.29 is 27.7 Å². The summed E-state index contributed by atoms with van der Waals surface area (Å²) in [5, 5.41) is 23.1. The normalized spacial score (nSPS) is 11.3. The zero-order chi connectivity index (χ0) is 25.8. The average Bonchev–Trinajstić information content (AvgIpc) is 2.84. The van der Waals surface area contributed by atoms with Crippen LogP contribution in [0.15, 0.2) is 65.6 Å². The van der Waals surface area contributed by atoms with Gasteiger partial charge < -0.3 is 15.2 Å². The Morgan fingerprint density at radius 1 is 0.857 bits per heavy atom. The molecule has 3 aromatic carbocycles. The highest BCUT2D eigenvalue weighted by Gasteiger charge is 2.33. The first kappa shape index (κ1) is 25.4. The van der Waals surface area contributed by atoms with Gasteiger partial charge in [0.15, 0.2) is 16.4 Å². The Balaban J connectivity index is 2.17. The van der Waals surface area contributed by atoms with Crippen LogP contribution in [0.5, 0.6) is 11.5 Å². The van der Waals surface area contributed by atoms with Crippen molar-refractivity contribution in [2.24, 2.45) is 0 Å². The largest absolute Gasteiger partial charge is 0.493 e. The number of nitrogen functional groups attached to an aromatic ring is 1. The van der Waals surface area contributed by atoms with Crippen molar-refractivity contribution in [1.82, 2.24) is 4.31 Å². The molecule has 0 heterocycles. The fourth-order valence-electron chi connectivity index (χ4n) is 3.49. The Kier molecular flexibility index (Phi) is 7.52. The smallest absolute Gasteiger partial charge is 0.289 e. The van der Waals surface area contributed by atoms with Crippen LogP contribution in [0, 0.1) is 20.2 Å². The van der Waals surface area contributed by atoms with Gasteiger partial charge in [-0.3, -0.25) is 20.2 Å². The van der Waals surface area contributed by atoms with Crippen molar-refractivity contribution in [1.29, 1.82) is 0 Å². The number of hydrogen-bond acceptors (Lipinski definition) is 9. The number of ether oxygens (including phenoxy) is 2. The van der Waals surface area contributed by atoms with E-state index in [2.05, 4.69) is 0 Å². The van der Waals surface area contributed by atoms with Crippen molar-refractivity contribution in [2.45, 2.75) is 18.0 Å². The van der Waals surface area contributed by atoms with Crippen LogP contribution in [-0.4, -0.2) is 36.8 Å². The predicted octanol–water partition coefficient (Wildman–Crippen LogP) is 3.49. The van der Waals surface area contributed by atoms with Gasteiger partial charge in [-0.05, 0) is 29.8 Å². The van der Waals surface area contributed by atoms with Crippen LogP contribution >= 0.6 is 0 Å². The lowest BCUT2D eigenvalue weighted by molar-refractivity contribution is -0.387. The molecule has 0 aromatic heterocycles. The van der Waals surface area contributed by atoms with E-state index in [4.69, 9.17) is 15.2 Å². The summed E-state index contributed by atoms with van der Waals surface area (Å²) in [7, 11) is -1.67. The Morgan fingerprint density at radius 2 is 1.49 bits per heavy atom. The van der Waals surface area contributed by atoms with Crippen molar-refractivity contribution in [3.63, 3.8) is 0 Å². The van der Waals surface area contributed by atoms with Crippen molar-refractivity contribution in [3.05, 3.63) is 92.0 Å². The number of benzene rings is 3. The highest BCUT2D eigenvalue weighted by Crippen LogP contribution is 2.34. The summed E-state index contributed by atoms with van der Waals surface area (Å²) in [4.78, 5) is 21.1. The zero-order valence-electron chi connectivity index (χ0n) is 18.8. The van der Waals surface area contributed by atoms with E-state index in [0.717, 1.165) is 16.4 Å². The quantitative estimate of drug-likeness (QED) is 0.248. The molecule has 0 saturated heterocycles. The molecule has 12 nitrogen and oxygen atoms in total. The molecule has 0 amide bonds. The van der Waals surface area contributed by atoms with Crippen molar-refractivity contribution in [2.75, 3.05) is 20.0 Å². The second kappa shape index (κ2) is 10.4. The third-order valence-corrected chi connectivity index (χ3v) is 7.04. The number of nitrogens with zero attached hydrogens (tertiary/aromatic N) is 3. The maximum absolute atomic E-state index is 13.7. The molecule has 0 atom stereocenters. The van der Waals surface area contributed by atoms with Gasteiger partial charge in [-0.25, -0.2) is 8.42 Å². The molecule has 0 bridgehead atoms. The van der Waals surface area contributed by atoms with E-state index >= 15 is 0 Å². The monoisotopic (exact) mass is 502 g/mol. The molecule has 184 valence electrons. The van der Waals surface area contributed by atoms with Gasteiger partial charge in [0.25, 0.3) is 21.4 Å². The van der Waals surface area contributed by atoms with E-state index in [0.29, 0.717) is 17.1 Å². The van der Waals surface area contributed by atoms with Gasteiger partial charge >= 0.3 is 0 Å². The van der Waals surface area contributed by atoms with E-state index in [1.54, 1.807) is 18.2 Å². The lowest BCUT2D eigenvalue weighted by Gasteiger charge is -2.23. The summed E-state index contributed by atoms with van der Waals surface area (Å²) < 4.78 is 38.8. The molecule has 35 heavy (non-hydrogen) atoms. The van der Waals surface area contributed by atoms with E-state index in [1.807, 2.05) is 0 Å². The van der Waals surface area contributed by atoms with Crippen LogP contribution in [0.3, 0.4) is 0 Å². The molecule has 0 saturated carbocycles. The molecule has 0 aliphatic heterocycles. The molecule has 0 fully saturated rings. The minimum Gasteiger partial charge on any atom is -0.493 e. The molecule has 3 rings (SSSR count). The number of nitrogens with two attached hydrogens (primary N) is 1. The molecular formula is C22H22N4O8S. The van der Waals surface area contributed by atoms with E-state index in [1.165, 1.54) is 44.6 Å². The molecule has 0 spiro atoms. The van der Waals surface area contributed by atoms with Gasteiger partial charge in [-0.15, -0.1) is 0 Å². The summed E-state index contributed by atoms with van der Waals surface area (Å²) in [6.45, 7) is -0.800. The topological polar surface area (TPSA) is 168 Å². The summed E-state index contributed by atoms with van der Waals surface area (Å²) >= 11 is 0. The number of sulfonamides is 1. The molecule has 0 unspecified atom stereocenters. The first-order valence-electron chi connectivity index (χ1n) is 10.1. The Hall–Kier alpha value is -4.23. The summed E-state index contributed by atoms with van der Waals surface area (Å²) in [6, 6.07) is 13.6. The maximum atomic E-state index is 13.7. The molecule has 3 aromatic rings. The van der Waals surface area contributed by atoms with E-state index in [-0.39, 0.29) is 23.5 Å². The minimum atomic E-state index is -4.53. The van der Waals surface area contributed by atoms with Crippen LogP contribution in [-0.2, 0) is 23.1 Å². The second-order valence-corrected chi connectivity index (χ2v) is 9.20. The molecule has 0 aliphatic rings. The Labute approximate surface area is 200 Å². The van der Waals surface area contributed by atoms with Crippen LogP contribution in [0.1, 0.15) is 11.1 Å². The molecular weight excluding hydrogens is 480 g/mol. The minimum absolute atomic E-state index is 0.00859.